The third kappa shape index (κ3) is 2.30. The Hall–Kier alpha value is -1.85. The van der Waals surface area contributed by atoms with Crippen molar-refractivity contribution in [2.45, 2.75) is 0 Å². The fraction of sp³-hybridized carbons (Fsp3) is 0.545. The van der Waals surface area contributed by atoms with Gasteiger partial charge < -0.3 is 15.1 Å². The largest absolute Gasteiger partial charge is 0.363 e. The molecule has 1 aromatic heterocycles. The number of anilines is 2. The van der Waals surface area contributed by atoms with E-state index in [-0.39, 0.29) is 11.8 Å². The van der Waals surface area contributed by atoms with Gasteiger partial charge in [-0.3, -0.25) is 4.79 Å². The molecule has 1 amide bonds. The molecule has 0 aromatic carbocycles. The maximum atomic E-state index is 11.4. The molecule has 1 aromatic rings. The van der Waals surface area contributed by atoms with Gasteiger partial charge in [0.05, 0.1) is 5.92 Å². The summed E-state index contributed by atoms with van der Waals surface area (Å²) in [6.45, 7) is 1.45. The Balaban J connectivity index is 2.01. The summed E-state index contributed by atoms with van der Waals surface area (Å²) in [5.74, 6) is 1.93. The van der Waals surface area contributed by atoms with Crippen LogP contribution in [-0.4, -0.2) is 50.1 Å². The molecule has 0 aliphatic carbocycles. The van der Waals surface area contributed by atoms with Gasteiger partial charge in [-0.15, -0.1) is 0 Å². The Bertz CT molecular complexity index is 414. The van der Waals surface area contributed by atoms with Crippen molar-refractivity contribution in [2.75, 3.05) is 44.0 Å². The SMILES string of the molecule is CNC(=O)C1CN(c2cc(N(C)C)ncn2)C1. The van der Waals surface area contributed by atoms with Crippen LogP contribution in [0.4, 0.5) is 11.6 Å². The lowest BCUT2D eigenvalue weighted by Gasteiger charge is -2.38. The van der Waals surface area contributed by atoms with Gasteiger partial charge in [0.15, 0.2) is 0 Å². The summed E-state index contributed by atoms with van der Waals surface area (Å²) in [7, 11) is 5.55. The lowest BCUT2D eigenvalue weighted by molar-refractivity contribution is -0.125. The fourth-order valence-corrected chi connectivity index (χ4v) is 1.79. The molecule has 1 fully saturated rings. The third-order valence-electron chi connectivity index (χ3n) is 2.92. The van der Waals surface area contributed by atoms with Gasteiger partial charge in [0.1, 0.15) is 18.0 Å². The molecule has 6 nitrogen and oxygen atoms in total. The minimum absolute atomic E-state index is 0.0813. The van der Waals surface area contributed by atoms with E-state index in [9.17, 15) is 4.79 Å². The average Bonchev–Trinajstić information content (AvgIpc) is 2.27. The molecular weight excluding hydrogens is 218 g/mol. The predicted octanol–water partition coefficient (Wildman–Crippen LogP) is -0.275. The second-order valence-corrected chi connectivity index (χ2v) is 4.34. The second-order valence-electron chi connectivity index (χ2n) is 4.34. The molecule has 92 valence electrons. The summed E-state index contributed by atoms with van der Waals surface area (Å²) in [6, 6.07) is 1.93. The van der Waals surface area contributed by atoms with Crippen LogP contribution in [-0.2, 0) is 4.79 Å². The molecule has 17 heavy (non-hydrogen) atoms. The van der Waals surface area contributed by atoms with Gasteiger partial charge in [0, 0.05) is 40.3 Å². The van der Waals surface area contributed by atoms with Crippen LogP contribution < -0.4 is 15.1 Å². The number of aromatic nitrogens is 2. The monoisotopic (exact) mass is 235 g/mol. The van der Waals surface area contributed by atoms with Crippen molar-refractivity contribution in [1.82, 2.24) is 15.3 Å². The zero-order valence-electron chi connectivity index (χ0n) is 10.3. The first-order chi connectivity index (χ1) is 8.11. The smallest absolute Gasteiger partial charge is 0.226 e. The van der Waals surface area contributed by atoms with Gasteiger partial charge in [-0.05, 0) is 0 Å². The standard InChI is InChI=1S/C11H17N5O/c1-12-11(17)8-5-16(6-8)10-4-9(15(2)3)13-7-14-10/h4,7-8H,5-6H2,1-3H3,(H,12,17). The highest BCUT2D eigenvalue weighted by Gasteiger charge is 2.32. The maximum absolute atomic E-state index is 11.4. The van der Waals surface area contributed by atoms with Gasteiger partial charge in [0.2, 0.25) is 5.91 Å². The summed E-state index contributed by atoms with van der Waals surface area (Å²) in [6.07, 6.45) is 1.55. The van der Waals surface area contributed by atoms with Crippen molar-refractivity contribution in [3.05, 3.63) is 12.4 Å². The number of rotatable bonds is 3. The average molecular weight is 235 g/mol. The first-order valence-electron chi connectivity index (χ1n) is 5.57. The summed E-state index contributed by atoms with van der Waals surface area (Å²) < 4.78 is 0. The Morgan fingerprint density at radius 1 is 1.47 bits per heavy atom. The number of amides is 1. The molecule has 1 aliphatic rings. The lowest BCUT2D eigenvalue weighted by Crippen LogP contribution is -2.53. The number of carbonyl (C=O) groups excluding carboxylic acids is 1. The third-order valence-corrected chi connectivity index (χ3v) is 2.92. The molecule has 1 saturated heterocycles. The van der Waals surface area contributed by atoms with E-state index >= 15 is 0 Å². The normalized spacial score (nSPS) is 15.4. The minimum Gasteiger partial charge on any atom is -0.363 e. The summed E-state index contributed by atoms with van der Waals surface area (Å²) >= 11 is 0. The Kier molecular flexibility index (Phi) is 3.12. The van der Waals surface area contributed by atoms with Gasteiger partial charge in [-0.1, -0.05) is 0 Å². The highest BCUT2D eigenvalue weighted by atomic mass is 16.1. The molecule has 0 radical (unpaired) electrons. The van der Waals surface area contributed by atoms with E-state index < -0.39 is 0 Å². The van der Waals surface area contributed by atoms with Crippen molar-refractivity contribution >= 4 is 17.5 Å². The first-order valence-corrected chi connectivity index (χ1v) is 5.57. The molecule has 0 saturated carbocycles. The van der Waals surface area contributed by atoms with Crippen LogP contribution in [0, 0.1) is 5.92 Å². The van der Waals surface area contributed by atoms with Crippen LogP contribution in [0.15, 0.2) is 12.4 Å². The number of hydrogen-bond acceptors (Lipinski definition) is 5. The van der Waals surface area contributed by atoms with E-state index in [1.165, 1.54) is 0 Å². The quantitative estimate of drug-likeness (QED) is 0.781. The topological polar surface area (TPSA) is 61.4 Å². The number of carbonyl (C=O) groups is 1. The molecule has 2 heterocycles. The van der Waals surface area contributed by atoms with Crippen molar-refractivity contribution in [3.8, 4) is 0 Å². The molecule has 1 aliphatic heterocycles. The Morgan fingerprint density at radius 3 is 2.76 bits per heavy atom. The predicted molar refractivity (Wildman–Crippen MR) is 66.1 cm³/mol. The lowest BCUT2D eigenvalue weighted by atomic mass is 9.99. The second kappa shape index (κ2) is 4.57. The van der Waals surface area contributed by atoms with E-state index in [2.05, 4.69) is 20.2 Å². The van der Waals surface area contributed by atoms with Crippen molar-refractivity contribution < 1.29 is 4.79 Å². The van der Waals surface area contributed by atoms with E-state index in [1.807, 2.05) is 25.1 Å². The van der Waals surface area contributed by atoms with Gasteiger partial charge in [-0.25, -0.2) is 9.97 Å². The molecular formula is C11H17N5O. The summed E-state index contributed by atoms with van der Waals surface area (Å²) in [5.41, 5.74) is 0. The molecule has 0 atom stereocenters. The van der Waals surface area contributed by atoms with Crippen LogP contribution >= 0.6 is 0 Å². The summed E-state index contributed by atoms with van der Waals surface area (Å²) in [5, 5.41) is 2.66. The van der Waals surface area contributed by atoms with Gasteiger partial charge in [-0.2, -0.15) is 0 Å². The van der Waals surface area contributed by atoms with E-state index in [4.69, 9.17) is 0 Å². The zero-order valence-corrected chi connectivity index (χ0v) is 10.3. The van der Waals surface area contributed by atoms with Crippen LogP contribution in [0.5, 0.6) is 0 Å². The van der Waals surface area contributed by atoms with E-state index in [1.54, 1.807) is 13.4 Å². The van der Waals surface area contributed by atoms with E-state index in [0.717, 1.165) is 24.7 Å². The highest BCUT2D eigenvalue weighted by molar-refractivity contribution is 5.81. The molecule has 2 rings (SSSR count). The zero-order chi connectivity index (χ0) is 12.4. The Morgan fingerprint density at radius 2 is 2.18 bits per heavy atom. The molecule has 6 heteroatoms. The number of hydrogen-bond donors (Lipinski definition) is 1. The number of nitrogens with one attached hydrogen (secondary N) is 1. The highest BCUT2D eigenvalue weighted by Crippen LogP contribution is 2.24. The van der Waals surface area contributed by atoms with E-state index in [0.29, 0.717) is 0 Å². The van der Waals surface area contributed by atoms with Gasteiger partial charge in [0.25, 0.3) is 0 Å². The van der Waals surface area contributed by atoms with Gasteiger partial charge >= 0.3 is 0 Å². The van der Waals surface area contributed by atoms with Crippen LogP contribution in [0.2, 0.25) is 0 Å². The molecule has 0 spiro atoms. The maximum Gasteiger partial charge on any atom is 0.226 e. The van der Waals surface area contributed by atoms with Crippen molar-refractivity contribution in [2.24, 2.45) is 5.92 Å². The number of nitrogens with zero attached hydrogens (tertiary/aromatic N) is 4. The van der Waals surface area contributed by atoms with Crippen LogP contribution in [0.3, 0.4) is 0 Å². The Labute approximate surface area is 101 Å². The van der Waals surface area contributed by atoms with Crippen LogP contribution in [0.1, 0.15) is 0 Å². The minimum atomic E-state index is 0.0813. The van der Waals surface area contributed by atoms with Crippen LogP contribution in [0.25, 0.3) is 0 Å². The van der Waals surface area contributed by atoms with Crippen molar-refractivity contribution in [3.63, 3.8) is 0 Å². The molecule has 1 N–H and O–H groups in total. The fourth-order valence-electron chi connectivity index (χ4n) is 1.79. The molecule has 0 unspecified atom stereocenters. The molecule has 0 bridgehead atoms. The van der Waals surface area contributed by atoms with Crippen molar-refractivity contribution in [1.29, 1.82) is 0 Å². The first kappa shape index (κ1) is 11.6. The summed E-state index contributed by atoms with van der Waals surface area (Å²) in [4.78, 5) is 23.8.